The van der Waals surface area contributed by atoms with Crippen molar-refractivity contribution in [3.63, 3.8) is 0 Å². The molecule has 162 valence electrons. The quantitative estimate of drug-likeness (QED) is 0.450. The number of rotatable bonds is 7. The van der Waals surface area contributed by atoms with Gasteiger partial charge in [0.2, 0.25) is 0 Å². The lowest BCUT2D eigenvalue weighted by atomic mass is 10.0. The van der Waals surface area contributed by atoms with Gasteiger partial charge in [0.1, 0.15) is 24.2 Å². The molecule has 1 amide bonds. The van der Waals surface area contributed by atoms with Crippen molar-refractivity contribution in [1.29, 1.82) is 0 Å². The highest BCUT2D eigenvalue weighted by molar-refractivity contribution is 6.04. The van der Waals surface area contributed by atoms with Crippen molar-refractivity contribution in [3.8, 4) is 28.3 Å². The van der Waals surface area contributed by atoms with Crippen molar-refractivity contribution in [2.75, 3.05) is 12.4 Å². The van der Waals surface area contributed by atoms with E-state index >= 15 is 0 Å². The molecule has 7 nitrogen and oxygen atoms in total. The van der Waals surface area contributed by atoms with Crippen LogP contribution in [0.15, 0.2) is 79.4 Å². The first-order valence-corrected chi connectivity index (χ1v) is 9.53. The van der Waals surface area contributed by atoms with Crippen molar-refractivity contribution in [2.24, 2.45) is 0 Å². The maximum absolute atomic E-state index is 12.9. The van der Waals surface area contributed by atoms with Gasteiger partial charge in [-0.2, -0.15) is 13.9 Å². The predicted octanol–water partition coefficient (Wildman–Crippen LogP) is 4.80. The van der Waals surface area contributed by atoms with Crippen molar-refractivity contribution in [1.82, 2.24) is 14.8 Å². The molecule has 1 aromatic heterocycles. The maximum atomic E-state index is 12.9. The third-order valence-electron chi connectivity index (χ3n) is 4.67. The van der Waals surface area contributed by atoms with E-state index in [0.29, 0.717) is 28.1 Å². The van der Waals surface area contributed by atoms with Gasteiger partial charge in [-0.15, -0.1) is 0 Å². The van der Waals surface area contributed by atoms with Crippen LogP contribution in [0.1, 0.15) is 10.4 Å². The van der Waals surface area contributed by atoms with Gasteiger partial charge in [0.15, 0.2) is 0 Å². The molecule has 0 bridgehead atoms. The Kier molecular flexibility index (Phi) is 6.07. The molecule has 1 N–H and O–H groups in total. The van der Waals surface area contributed by atoms with Crippen LogP contribution in [0.4, 0.5) is 14.5 Å². The summed E-state index contributed by atoms with van der Waals surface area (Å²) in [6.07, 6.45) is 2.97. The molecule has 0 saturated carbocycles. The molecular formula is C23H18F2N4O3. The Hall–Kier alpha value is -4.27. The van der Waals surface area contributed by atoms with Crippen LogP contribution >= 0.6 is 0 Å². The number of benzene rings is 3. The third kappa shape index (κ3) is 4.72. The molecule has 0 fully saturated rings. The SMILES string of the molecule is COc1ccc(-c2cc(NC(=O)c3ccc(-n4cncn4)cc3)ccc2OC(F)F)cc1. The molecule has 4 rings (SSSR count). The lowest BCUT2D eigenvalue weighted by Gasteiger charge is -2.14. The minimum atomic E-state index is -2.98. The summed E-state index contributed by atoms with van der Waals surface area (Å²) in [6, 6.07) is 18.2. The van der Waals surface area contributed by atoms with E-state index in [4.69, 9.17) is 4.74 Å². The van der Waals surface area contributed by atoms with Gasteiger partial charge in [-0.1, -0.05) is 12.1 Å². The zero-order chi connectivity index (χ0) is 22.5. The maximum Gasteiger partial charge on any atom is 0.387 e. The Morgan fingerprint density at radius 3 is 2.41 bits per heavy atom. The molecule has 0 aliphatic rings. The zero-order valence-corrected chi connectivity index (χ0v) is 16.9. The van der Waals surface area contributed by atoms with E-state index in [0.717, 1.165) is 5.69 Å². The Bertz CT molecular complexity index is 1200. The van der Waals surface area contributed by atoms with Gasteiger partial charge in [-0.05, 0) is 60.2 Å². The number of alkyl halides is 2. The first kappa shape index (κ1) is 21.0. The first-order valence-electron chi connectivity index (χ1n) is 9.53. The topological polar surface area (TPSA) is 78.3 Å². The van der Waals surface area contributed by atoms with Gasteiger partial charge in [0.05, 0.1) is 12.8 Å². The largest absolute Gasteiger partial charge is 0.497 e. The van der Waals surface area contributed by atoms with Crippen LogP contribution in [0.2, 0.25) is 0 Å². The van der Waals surface area contributed by atoms with Crippen molar-refractivity contribution < 1.29 is 23.0 Å². The molecule has 1 heterocycles. The average molecular weight is 436 g/mol. The fraction of sp³-hybridized carbons (Fsp3) is 0.0870. The van der Waals surface area contributed by atoms with Gasteiger partial charge in [-0.25, -0.2) is 9.67 Å². The van der Waals surface area contributed by atoms with E-state index in [1.807, 2.05) is 0 Å². The van der Waals surface area contributed by atoms with E-state index in [9.17, 15) is 13.6 Å². The van der Waals surface area contributed by atoms with Crippen LogP contribution in [0, 0.1) is 0 Å². The van der Waals surface area contributed by atoms with Crippen molar-refractivity contribution in [3.05, 3.63) is 84.9 Å². The summed E-state index contributed by atoms with van der Waals surface area (Å²) >= 11 is 0. The molecule has 3 aromatic carbocycles. The van der Waals surface area contributed by atoms with E-state index < -0.39 is 6.61 Å². The summed E-state index contributed by atoms with van der Waals surface area (Å²) in [5.41, 5.74) is 2.66. The number of amides is 1. The second kappa shape index (κ2) is 9.25. The molecule has 0 atom stereocenters. The number of nitrogens with zero attached hydrogens (tertiary/aromatic N) is 3. The van der Waals surface area contributed by atoms with Crippen molar-refractivity contribution >= 4 is 11.6 Å². The van der Waals surface area contributed by atoms with Crippen LogP contribution in [-0.4, -0.2) is 34.4 Å². The number of ether oxygens (including phenoxy) is 2. The number of methoxy groups -OCH3 is 1. The molecule has 0 saturated heterocycles. The molecular weight excluding hydrogens is 418 g/mol. The molecule has 32 heavy (non-hydrogen) atoms. The summed E-state index contributed by atoms with van der Waals surface area (Å²) in [6.45, 7) is -2.98. The van der Waals surface area contributed by atoms with Crippen LogP contribution in [-0.2, 0) is 0 Å². The van der Waals surface area contributed by atoms with E-state index in [1.54, 1.807) is 65.6 Å². The number of nitrogens with one attached hydrogen (secondary N) is 1. The lowest BCUT2D eigenvalue weighted by molar-refractivity contribution is -0.0494. The summed E-state index contributed by atoms with van der Waals surface area (Å²) in [4.78, 5) is 16.6. The lowest BCUT2D eigenvalue weighted by Crippen LogP contribution is -2.12. The smallest absolute Gasteiger partial charge is 0.387 e. The molecule has 0 unspecified atom stereocenters. The minimum absolute atomic E-state index is 0.000325. The molecule has 4 aromatic rings. The van der Waals surface area contributed by atoms with Gasteiger partial charge in [-0.3, -0.25) is 4.79 Å². The van der Waals surface area contributed by atoms with Crippen molar-refractivity contribution in [2.45, 2.75) is 6.61 Å². The Morgan fingerprint density at radius 2 is 1.78 bits per heavy atom. The number of carbonyl (C=O) groups excluding carboxylic acids is 1. The number of hydrogen-bond acceptors (Lipinski definition) is 5. The van der Waals surface area contributed by atoms with Gasteiger partial charge < -0.3 is 14.8 Å². The zero-order valence-electron chi connectivity index (χ0n) is 16.9. The molecule has 0 aliphatic heterocycles. The fourth-order valence-electron chi connectivity index (χ4n) is 3.11. The van der Waals surface area contributed by atoms with Crippen LogP contribution < -0.4 is 14.8 Å². The highest BCUT2D eigenvalue weighted by Crippen LogP contribution is 2.34. The fourth-order valence-corrected chi connectivity index (χ4v) is 3.11. The first-order chi connectivity index (χ1) is 15.5. The van der Waals surface area contributed by atoms with E-state index in [1.165, 1.54) is 25.6 Å². The summed E-state index contributed by atoms with van der Waals surface area (Å²) < 4.78 is 37.1. The van der Waals surface area contributed by atoms with Crippen LogP contribution in [0.5, 0.6) is 11.5 Å². The van der Waals surface area contributed by atoms with Gasteiger partial charge in [0, 0.05) is 16.8 Å². The Balaban J connectivity index is 1.58. The molecule has 0 aliphatic carbocycles. The highest BCUT2D eigenvalue weighted by Gasteiger charge is 2.14. The van der Waals surface area contributed by atoms with E-state index in [-0.39, 0.29) is 11.7 Å². The van der Waals surface area contributed by atoms with Crippen LogP contribution in [0.25, 0.3) is 16.8 Å². The summed E-state index contributed by atoms with van der Waals surface area (Å²) in [7, 11) is 1.54. The summed E-state index contributed by atoms with van der Waals surface area (Å²) in [5, 5.41) is 6.82. The van der Waals surface area contributed by atoms with Crippen LogP contribution in [0.3, 0.4) is 0 Å². The number of hydrogen-bond donors (Lipinski definition) is 1. The van der Waals surface area contributed by atoms with Gasteiger partial charge in [0.25, 0.3) is 5.91 Å². The second-order valence-electron chi connectivity index (χ2n) is 6.66. The molecule has 0 radical (unpaired) electrons. The minimum Gasteiger partial charge on any atom is -0.497 e. The normalized spacial score (nSPS) is 10.8. The monoisotopic (exact) mass is 436 g/mol. The molecule has 0 spiro atoms. The predicted molar refractivity (Wildman–Crippen MR) is 114 cm³/mol. The highest BCUT2D eigenvalue weighted by atomic mass is 19.3. The average Bonchev–Trinajstić information content (AvgIpc) is 3.35. The third-order valence-corrected chi connectivity index (χ3v) is 4.67. The molecule has 9 heteroatoms. The number of carbonyl (C=O) groups is 1. The Morgan fingerprint density at radius 1 is 1.03 bits per heavy atom. The second-order valence-corrected chi connectivity index (χ2v) is 6.66. The summed E-state index contributed by atoms with van der Waals surface area (Å²) in [5.74, 6) is 0.280. The Labute approximate surface area is 182 Å². The number of aromatic nitrogens is 3. The van der Waals surface area contributed by atoms with Gasteiger partial charge >= 0.3 is 6.61 Å². The number of halogens is 2. The van der Waals surface area contributed by atoms with E-state index in [2.05, 4.69) is 20.1 Å². The standard InChI is InChI=1S/C23H18F2N4O3/c1-31-19-9-4-15(5-10-19)20-12-17(6-11-21(20)32-23(24)25)28-22(30)16-2-7-18(8-3-16)29-14-26-13-27-29/h2-14,23H,1H3,(H,28,30). The number of anilines is 1.